The van der Waals surface area contributed by atoms with Crippen molar-refractivity contribution in [2.24, 2.45) is 0 Å². The van der Waals surface area contributed by atoms with E-state index in [1.165, 1.54) is 0 Å². The van der Waals surface area contributed by atoms with Gasteiger partial charge in [0.05, 0.1) is 0 Å². The van der Waals surface area contributed by atoms with E-state index in [2.05, 4.69) is 54.3 Å². The standard InChI is InChI=1S/C17H25BrN2O/c1-11-6-12(8-13(18)7-11)15(21)19-14-9-16(2,3)20-17(4,5)10-14/h6-8,14,20H,9-10H2,1-5H3,(H,19,21). The van der Waals surface area contributed by atoms with Crippen LogP contribution in [-0.4, -0.2) is 23.0 Å². The number of piperidine rings is 1. The summed E-state index contributed by atoms with van der Waals surface area (Å²) >= 11 is 3.45. The third-order valence-electron chi connectivity index (χ3n) is 3.83. The summed E-state index contributed by atoms with van der Waals surface area (Å²) in [5.74, 6) is 0.0119. The molecule has 1 amide bonds. The average molecular weight is 353 g/mol. The van der Waals surface area contributed by atoms with Gasteiger partial charge in [-0.15, -0.1) is 0 Å². The molecule has 1 aromatic carbocycles. The molecule has 1 aliphatic heterocycles. The van der Waals surface area contributed by atoms with Crippen LogP contribution in [0.5, 0.6) is 0 Å². The first kappa shape index (κ1) is 16.5. The van der Waals surface area contributed by atoms with Crippen LogP contribution in [0.25, 0.3) is 0 Å². The molecule has 0 aromatic heterocycles. The topological polar surface area (TPSA) is 41.1 Å². The number of hydrogen-bond donors (Lipinski definition) is 2. The van der Waals surface area contributed by atoms with Crippen LogP contribution in [0.1, 0.15) is 56.5 Å². The molecule has 1 heterocycles. The Hall–Kier alpha value is -0.870. The van der Waals surface area contributed by atoms with Gasteiger partial charge in [0.2, 0.25) is 0 Å². The van der Waals surface area contributed by atoms with E-state index in [4.69, 9.17) is 0 Å². The molecule has 0 radical (unpaired) electrons. The maximum Gasteiger partial charge on any atom is 0.251 e. The van der Waals surface area contributed by atoms with Crippen LogP contribution in [0.2, 0.25) is 0 Å². The van der Waals surface area contributed by atoms with Gasteiger partial charge in [-0.2, -0.15) is 0 Å². The summed E-state index contributed by atoms with van der Waals surface area (Å²) in [6, 6.07) is 6.01. The second kappa shape index (κ2) is 5.73. The fourth-order valence-corrected chi connectivity index (χ4v) is 4.17. The minimum atomic E-state index is 0.0119. The van der Waals surface area contributed by atoms with Crippen LogP contribution in [0.4, 0.5) is 0 Å². The van der Waals surface area contributed by atoms with E-state index < -0.39 is 0 Å². The van der Waals surface area contributed by atoms with Gasteiger partial charge in [-0.1, -0.05) is 15.9 Å². The molecule has 2 rings (SSSR count). The molecule has 3 nitrogen and oxygen atoms in total. The molecule has 0 saturated carbocycles. The molecule has 1 aliphatic rings. The van der Waals surface area contributed by atoms with Gasteiger partial charge in [-0.05, 0) is 71.2 Å². The number of benzene rings is 1. The maximum absolute atomic E-state index is 12.5. The quantitative estimate of drug-likeness (QED) is 0.849. The molecular weight excluding hydrogens is 328 g/mol. The Kier molecular flexibility index (Phi) is 4.50. The molecule has 1 saturated heterocycles. The minimum Gasteiger partial charge on any atom is -0.349 e. The summed E-state index contributed by atoms with van der Waals surface area (Å²) in [5.41, 5.74) is 1.87. The van der Waals surface area contributed by atoms with Gasteiger partial charge in [0.1, 0.15) is 0 Å². The highest BCUT2D eigenvalue weighted by molar-refractivity contribution is 9.10. The predicted molar refractivity (Wildman–Crippen MR) is 90.7 cm³/mol. The summed E-state index contributed by atoms with van der Waals surface area (Å²) in [4.78, 5) is 12.5. The van der Waals surface area contributed by atoms with Gasteiger partial charge >= 0.3 is 0 Å². The second-order valence-corrected chi connectivity index (χ2v) is 8.40. The van der Waals surface area contributed by atoms with E-state index >= 15 is 0 Å². The van der Waals surface area contributed by atoms with Gasteiger partial charge < -0.3 is 10.6 Å². The SMILES string of the molecule is Cc1cc(Br)cc(C(=O)NC2CC(C)(C)NC(C)(C)C2)c1. The highest BCUT2D eigenvalue weighted by Gasteiger charge is 2.38. The number of nitrogens with one attached hydrogen (secondary N) is 2. The van der Waals surface area contributed by atoms with Crippen molar-refractivity contribution in [1.82, 2.24) is 10.6 Å². The molecule has 0 spiro atoms. The summed E-state index contributed by atoms with van der Waals surface area (Å²) < 4.78 is 0.943. The van der Waals surface area contributed by atoms with Gasteiger partial charge in [-0.25, -0.2) is 0 Å². The largest absolute Gasteiger partial charge is 0.349 e. The van der Waals surface area contributed by atoms with E-state index in [0.29, 0.717) is 0 Å². The Bertz CT molecular complexity index is 515. The first-order valence-corrected chi connectivity index (χ1v) is 8.23. The van der Waals surface area contributed by atoms with Crippen molar-refractivity contribution in [3.63, 3.8) is 0 Å². The first-order valence-electron chi connectivity index (χ1n) is 7.44. The summed E-state index contributed by atoms with van der Waals surface area (Å²) in [7, 11) is 0. The molecule has 116 valence electrons. The smallest absolute Gasteiger partial charge is 0.251 e. The molecule has 0 unspecified atom stereocenters. The van der Waals surface area contributed by atoms with Crippen molar-refractivity contribution in [1.29, 1.82) is 0 Å². The molecule has 1 aromatic rings. The van der Waals surface area contributed by atoms with Gasteiger partial charge in [0.15, 0.2) is 0 Å². The van der Waals surface area contributed by atoms with Crippen LogP contribution >= 0.6 is 15.9 Å². The van der Waals surface area contributed by atoms with Crippen LogP contribution in [-0.2, 0) is 0 Å². The molecule has 4 heteroatoms. The fourth-order valence-electron chi connectivity index (χ4n) is 3.56. The van der Waals surface area contributed by atoms with Gasteiger partial charge in [0, 0.05) is 27.2 Å². The summed E-state index contributed by atoms with van der Waals surface area (Å²) in [6.07, 6.45) is 1.88. The average Bonchev–Trinajstić information content (AvgIpc) is 2.22. The van der Waals surface area contributed by atoms with Gasteiger partial charge in [-0.3, -0.25) is 4.79 Å². The lowest BCUT2D eigenvalue weighted by molar-refractivity contribution is 0.0873. The lowest BCUT2D eigenvalue weighted by Crippen LogP contribution is -2.62. The lowest BCUT2D eigenvalue weighted by Gasteiger charge is -2.46. The molecule has 1 fully saturated rings. The van der Waals surface area contributed by atoms with Crippen LogP contribution in [0.15, 0.2) is 22.7 Å². The van der Waals surface area contributed by atoms with Gasteiger partial charge in [0.25, 0.3) is 5.91 Å². The molecule has 2 N–H and O–H groups in total. The number of halogens is 1. The Labute approximate surface area is 136 Å². The summed E-state index contributed by atoms with van der Waals surface area (Å²) in [5, 5.41) is 6.84. The Balaban J connectivity index is 2.12. The van der Waals surface area contributed by atoms with Crippen molar-refractivity contribution >= 4 is 21.8 Å². The molecule has 0 bridgehead atoms. The Morgan fingerprint density at radius 1 is 1.19 bits per heavy atom. The number of carbonyl (C=O) groups excluding carboxylic acids is 1. The number of hydrogen-bond acceptors (Lipinski definition) is 2. The normalized spacial score (nSPS) is 21.0. The van der Waals surface area contributed by atoms with Crippen LogP contribution < -0.4 is 10.6 Å². The zero-order chi connectivity index (χ0) is 15.8. The lowest BCUT2D eigenvalue weighted by atomic mass is 9.79. The number of amides is 1. The van der Waals surface area contributed by atoms with E-state index in [-0.39, 0.29) is 23.0 Å². The number of aryl methyl sites for hydroxylation is 1. The van der Waals surface area contributed by atoms with E-state index in [9.17, 15) is 4.79 Å². The monoisotopic (exact) mass is 352 g/mol. The van der Waals surface area contributed by atoms with Crippen molar-refractivity contribution in [2.45, 2.75) is 64.6 Å². The Morgan fingerprint density at radius 2 is 1.76 bits per heavy atom. The van der Waals surface area contributed by atoms with E-state index in [0.717, 1.165) is 28.4 Å². The van der Waals surface area contributed by atoms with Crippen LogP contribution in [0, 0.1) is 6.92 Å². The minimum absolute atomic E-state index is 0.0119. The molecule has 0 aliphatic carbocycles. The van der Waals surface area contributed by atoms with E-state index in [1.807, 2.05) is 25.1 Å². The molecular formula is C17H25BrN2O. The first-order chi connectivity index (χ1) is 9.56. The Morgan fingerprint density at radius 3 is 2.29 bits per heavy atom. The third-order valence-corrected chi connectivity index (χ3v) is 4.29. The van der Waals surface area contributed by atoms with Crippen molar-refractivity contribution in [3.8, 4) is 0 Å². The zero-order valence-electron chi connectivity index (χ0n) is 13.5. The second-order valence-electron chi connectivity index (χ2n) is 7.49. The highest BCUT2D eigenvalue weighted by atomic mass is 79.9. The van der Waals surface area contributed by atoms with E-state index in [1.54, 1.807) is 0 Å². The maximum atomic E-state index is 12.5. The zero-order valence-corrected chi connectivity index (χ0v) is 15.1. The fraction of sp³-hybridized carbons (Fsp3) is 0.588. The number of carbonyl (C=O) groups is 1. The van der Waals surface area contributed by atoms with Crippen molar-refractivity contribution < 1.29 is 4.79 Å². The molecule has 0 atom stereocenters. The van der Waals surface area contributed by atoms with Crippen molar-refractivity contribution in [2.75, 3.05) is 0 Å². The third kappa shape index (κ3) is 4.55. The predicted octanol–water partition coefficient (Wildman–Crippen LogP) is 3.80. The summed E-state index contributed by atoms with van der Waals surface area (Å²) in [6.45, 7) is 10.8. The highest BCUT2D eigenvalue weighted by Crippen LogP contribution is 2.28. The number of rotatable bonds is 2. The molecule has 21 heavy (non-hydrogen) atoms. The van der Waals surface area contributed by atoms with Crippen molar-refractivity contribution in [3.05, 3.63) is 33.8 Å². The van der Waals surface area contributed by atoms with Crippen LogP contribution in [0.3, 0.4) is 0 Å².